The number of hydrogen-bond donors (Lipinski definition) is 2. The molecule has 0 atom stereocenters. The number of amides is 1. The Morgan fingerprint density at radius 2 is 1.90 bits per heavy atom. The minimum Gasteiger partial charge on any atom is -0.497 e. The topological polar surface area (TPSA) is 84.1 Å². The zero-order chi connectivity index (χ0) is 20.5. The number of hydrogen-bond acceptors (Lipinski definition) is 5. The summed E-state index contributed by atoms with van der Waals surface area (Å²) in [5.74, 6) is 1.26. The molecule has 0 aliphatic rings. The van der Waals surface area contributed by atoms with Crippen molar-refractivity contribution in [3.63, 3.8) is 0 Å². The van der Waals surface area contributed by atoms with E-state index in [1.807, 2.05) is 54.6 Å². The van der Waals surface area contributed by atoms with Gasteiger partial charge in [0.15, 0.2) is 5.16 Å². The number of benzene rings is 2. The molecule has 1 aromatic heterocycles. The quantitative estimate of drug-likeness (QED) is 0.419. The normalized spacial score (nSPS) is 10.5. The van der Waals surface area contributed by atoms with Crippen LogP contribution in [0.5, 0.6) is 5.75 Å². The van der Waals surface area contributed by atoms with Gasteiger partial charge in [-0.25, -0.2) is 4.98 Å². The molecule has 2 aromatic carbocycles. The van der Waals surface area contributed by atoms with Gasteiger partial charge in [0.25, 0.3) is 5.56 Å². The molecule has 0 spiro atoms. The highest BCUT2D eigenvalue weighted by molar-refractivity contribution is 7.98. The van der Waals surface area contributed by atoms with Crippen molar-refractivity contribution in [2.45, 2.75) is 23.8 Å². The highest BCUT2D eigenvalue weighted by Crippen LogP contribution is 2.21. The number of aromatic amines is 1. The standard InChI is InChI=1S/C22H23N3O3S/c1-28-19-9-5-8-17(12-19)15-29-22-24-18(14-21(27)25-22)13-20(26)23-11-10-16-6-3-2-4-7-16/h2-9,12,14H,10-11,13,15H2,1H3,(H,23,26)(H,24,25,27). The maximum absolute atomic E-state index is 12.2. The molecule has 6 nitrogen and oxygen atoms in total. The van der Waals surface area contributed by atoms with E-state index < -0.39 is 0 Å². The van der Waals surface area contributed by atoms with Crippen molar-refractivity contribution in [1.82, 2.24) is 15.3 Å². The largest absolute Gasteiger partial charge is 0.497 e. The van der Waals surface area contributed by atoms with E-state index in [1.54, 1.807) is 7.11 Å². The van der Waals surface area contributed by atoms with Crippen LogP contribution >= 0.6 is 11.8 Å². The number of aromatic nitrogens is 2. The predicted octanol–water partition coefficient (Wildman–Crippen LogP) is 2.97. The lowest BCUT2D eigenvalue weighted by atomic mass is 10.1. The maximum Gasteiger partial charge on any atom is 0.251 e. The Bertz CT molecular complexity index is 1010. The number of nitrogens with one attached hydrogen (secondary N) is 2. The summed E-state index contributed by atoms with van der Waals surface area (Å²) in [5.41, 5.74) is 2.42. The number of rotatable bonds is 9. The SMILES string of the molecule is COc1cccc(CSc2nc(CC(=O)NCCc3ccccc3)cc(=O)[nH]2)c1. The average molecular weight is 410 g/mol. The smallest absolute Gasteiger partial charge is 0.251 e. The molecule has 2 N–H and O–H groups in total. The second-order valence-electron chi connectivity index (χ2n) is 6.44. The fourth-order valence-electron chi connectivity index (χ4n) is 2.77. The predicted molar refractivity (Wildman–Crippen MR) is 114 cm³/mol. The number of H-pyrrole nitrogens is 1. The van der Waals surface area contributed by atoms with Gasteiger partial charge in [-0.15, -0.1) is 0 Å². The summed E-state index contributed by atoms with van der Waals surface area (Å²) < 4.78 is 5.22. The van der Waals surface area contributed by atoms with Gasteiger partial charge in [0.05, 0.1) is 19.2 Å². The van der Waals surface area contributed by atoms with Crippen molar-refractivity contribution in [3.05, 3.63) is 87.8 Å². The molecule has 0 radical (unpaired) electrons. The number of methoxy groups -OCH3 is 1. The zero-order valence-electron chi connectivity index (χ0n) is 16.2. The fraction of sp³-hybridized carbons (Fsp3) is 0.227. The molecule has 3 rings (SSSR count). The van der Waals surface area contributed by atoms with Crippen LogP contribution in [-0.4, -0.2) is 29.5 Å². The lowest BCUT2D eigenvalue weighted by molar-refractivity contribution is -0.120. The lowest BCUT2D eigenvalue weighted by Crippen LogP contribution is -2.28. The Hall–Kier alpha value is -3.06. The van der Waals surface area contributed by atoms with Crippen molar-refractivity contribution in [2.75, 3.05) is 13.7 Å². The summed E-state index contributed by atoms with van der Waals surface area (Å²) in [6, 6.07) is 19.0. The summed E-state index contributed by atoms with van der Waals surface area (Å²) >= 11 is 1.41. The Kier molecular flexibility index (Phi) is 7.47. The molecule has 0 aliphatic heterocycles. The van der Waals surface area contributed by atoms with Crippen molar-refractivity contribution < 1.29 is 9.53 Å². The summed E-state index contributed by atoms with van der Waals surface area (Å²) in [4.78, 5) is 31.3. The number of ether oxygens (including phenoxy) is 1. The molecule has 29 heavy (non-hydrogen) atoms. The molecule has 0 unspecified atom stereocenters. The van der Waals surface area contributed by atoms with Gasteiger partial charge in [-0.05, 0) is 29.7 Å². The van der Waals surface area contributed by atoms with Gasteiger partial charge >= 0.3 is 0 Å². The fourth-order valence-corrected chi connectivity index (χ4v) is 3.61. The van der Waals surface area contributed by atoms with E-state index in [1.165, 1.54) is 23.4 Å². The molecule has 0 fully saturated rings. The highest BCUT2D eigenvalue weighted by Gasteiger charge is 2.08. The van der Waals surface area contributed by atoms with Crippen LogP contribution in [0.25, 0.3) is 0 Å². The molecule has 1 amide bonds. The minimum atomic E-state index is -0.264. The lowest BCUT2D eigenvalue weighted by Gasteiger charge is -2.07. The summed E-state index contributed by atoms with van der Waals surface area (Å²) in [7, 11) is 1.62. The van der Waals surface area contributed by atoms with E-state index in [2.05, 4.69) is 15.3 Å². The third-order valence-electron chi connectivity index (χ3n) is 4.20. The Balaban J connectivity index is 1.54. The van der Waals surface area contributed by atoms with Crippen LogP contribution in [0.3, 0.4) is 0 Å². The second-order valence-corrected chi connectivity index (χ2v) is 7.41. The number of carbonyl (C=O) groups excluding carboxylic acids is 1. The highest BCUT2D eigenvalue weighted by atomic mass is 32.2. The minimum absolute atomic E-state index is 0.0748. The maximum atomic E-state index is 12.2. The third-order valence-corrected chi connectivity index (χ3v) is 5.15. The number of carbonyl (C=O) groups is 1. The number of thioether (sulfide) groups is 1. The average Bonchev–Trinajstić information content (AvgIpc) is 2.73. The van der Waals surface area contributed by atoms with Crippen LogP contribution in [0.15, 0.2) is 70.6 Å². The van der Waals surface area contributed by atoms with Gasteiger partial charge in [-0.2, -0.15) is 0 Å². The molecule has 1 heterocycles. The molecular formula is C22H23N3O3S. The first-order valence-electron chi connectivity index (χ1n) is 9.29. The zero-order valence-corrected chi connectivity index (χ0v) is 17.0. The van der Waals surface area contributed by atoms with E-state index in [0.29, 0.717) is 23.1 Å². The van der Waals surface area contributed by atoms with E-state index in [4.69, 9.17) is 4.74 Å². The van der Waals surface area contributed by atoms with Gasteiger partial charge in [-0.3, -0.25) is 9.59 Å². The van der Waals surface area contributed by atoms with Crippen LogP contribution in [0.1, 0.15) is 16.8 Å². The molecule has 0 bridgehead atoms. The van der Waals surface area contributed by atoms with Gasteiger partial charge in [0.1, 0.15) is 5.75 Å². The van der Waals surface area contributed by atoms with Crippen LogP contribution in [0.4, 0.5) is 0 Å². The van der Waals surface area contributed by atoms with Gasteiger partial charge in [0, 0.05) is 18.4 Å². The van der Waals surface area contributed by atoms with Crippen LogP contribution in [-0.2, 0) is 23.4 Å². The summed E-state index contributed by atoms with van der Waals surface area (Å²) in [5, 5.41) is 3.37. The van der Waals surface area contributed by atoms with E-state index >= 15 is 0 Å². The first-order valence-corrected chi connectivity index (χ1v) is 10.3. The van der Waals surface area contributed by atoms with Crippen molar-refractivity contribution in [1.29, 1.82) is 0 Å². The molecule has 7 heteroatoms. The van der Waals surface area contributed by atoms with E-state index in [9.17, 15) is 9.59 Å². The van der Waals surface area contributed by atoms with Crippen LogP contribution in [0.2, 0.25) is 0 Å². The van der Waals surface area contributed by atoms with Gasteiger partial charge in [-0.1, -0.05) is 54.2 Å². The first kappa shape index (κ1) is 20.7. The molecule has 150 valence electrons. The van der Waals surface area contributed by atoms with Crippen LogP contribution < -0.4 is 15.6 Å². The first-order chi connectivity index (χ1) is 14.1. The van der Waals surface area contributed by atoms with Crippen LogP contribution in [0, 0.1) is 0 Å². The Morgan fingerprint density at radius 1 is 1.10 bits per heavy atom. The molecule has 0 saturated carbocycles. The second kappa shape index (κ2) is 10.5. The molecule has 0 aliphatic carbocycles. The summed E-state index contributed by atoms with van der Waals surface area (Å²) in [6.07, 6.45) is 0.836. The van der Waals surface area contributed by atoms with Crippen molar-refractivity contribution in [2.24, 2.45) is 0 Å². The number of nitrogens with zero attached hydrogens (tertiary/aromatic N) is 1. The monoisotopic (exact) mass is 409 g/mol. The third kappa shape index (κ3) is 6.80. The van der Waals surface area contributed by atoms with Crippen molar-refractivity contribution >= 4 is 17.7 Å². The van der Waals surface area contributed by atoms with E-state index in [0.717, 1.165) is 17.7 Å². The molecular weight excluding hydrogens is 386 g/mol. The van der Waals surface area contributed by atoms with Gasteiger partial charge < -0.3 is 15.0 Å². The van der Waals surface area contributed by atoms with Gasteiger partial charge in [0.2, 0.25) is 5.91 Å². The van der Waals surface area contributed by atoms with Crippen molar-refractivity contribution in [3.8, 4) is 5.75 Å². The summed E-state index contributed by atoms with van der Waals surface area (Å²) in [6.45, 7) is 0.545. The Morgan fingerprint density at radius 3 is 2.69 bits per heavy atom. The molecule has 3 aromatic rings. The Labute approximate surface area is 173 Å². The van der Waals surface area contributed by atoms with E-state index in [-0.39, 0.29) is 17.9 Å². The molecule has 0 saturated heterocycles.